The highest BCUT2D eigenvalue weighted by atomic mass is 16.5. The number of nitrogens with zero attached hydrogens (tertiary/aromatic N) is 1. The Hall–Kier alpha value is -4.01. The van der Waals surface area contributed by atoms with Crippen molar-refractivity contribution in [1.82, 2.24) is 4.90 Å². The van der Waals surface area contributed by atoms with Crippen molar-refractivity contribution in [2.75, 3.05) is 18.5 Å². The smallest absolute Gasteiger partial charge is 0.330 e. The van der Waals surface area contributed by atoms with Crippen molar-refractivity contribution in [3.63, 3.8) is 0 Å². The van der Waals surface area contributed by atoms with Crippen LogP contribution in [-0.4, -0.2) is 53.6 Å². The van der Waals surface area contributed by atoms with Crippen molar-refractivity contribution in [3.05, 3.63) is 59.2 Å². The maximum absolute atomic E-state index is 12.8. The van der Waals surface area contributed by atoms with E-state index in [1.54, 1.807) is 32.0 Å². The number of anilines is 1. The molecular formula is C23H20N2O7. The van der Waals surface area contributed by atoms with Crippen molar-refractivity contribution in [1.29, 1.82) is 0 Å². The molecule has 32 heavy (non-hydrogen) atoms. The lowest BCUT2D eigenvalue weighted by atomic mass is 10.0. The van der Waals surface area contributed by atoms with Gasteiger partial charge in [0.25, 0.3) is 17.7 Å². The monoisotopic (exact) mass is 436 g/mol. The van der Waals surface area contributed by atoms with Crippen LogP contribution in [0.15, 0.2) is 42.5 Å². The number of ketones is 1. The number of fused-ring (bicyclic) bond motifs is 2. The molecule has 3 amide bonds. The molecule has 1 N–H and O–H groups in total. The molecule has 0 fully saturated rings. The molecule has 0 saturated carbocycles. The lowest BCUT2D eigenvalue weighted by molar-refractivity contribution is -0.148. The van der Waals surface area contributed by atoms with E-state index in [0.29, 0.717) is 11.4 Å². The van der Waals surface area contributed by atoms with Crippen LogP contribution in [0.3, 0.4) is 0 Å². The predicted octanol–water partition coefficient (Wildman–Crippen LogP) is 2.06. The first kappa shape index (κ1) is 21.2. The van der Waals surface area contributed by atoms with E-state index in [-0.39, 0.29) is 29.2 Å². The Bertz CT molecular complexity index is 1120. The second-order valence-corrected chi connectivity index (χ2v) is 7.79. The summed E-state index contributed by atoms with van der Waals surface area (Å²) < 4.78 is 10.5. The molecule has 164 valence electrons. The molecule has 2 aliphatic rings. The normalized spacial score (nSPS) is 15.6. The number of imide groups is 1. The number of rotatable bonds is 6. The van der Waals surface area contributed by atoms with Crippen LogP contribution in [0, 0.1) is 5.92 Å². The van der Waals surface area contributed by atoms with Crippen LogP contribution >= 0.6 is 0 Å². The van der Waals surface area contributed by atoms with Crippen LogP contribution in [0.25, 0.3) is 0 Å². The second kappa shape index (κ2) is 8.26. The fourth-order valence-corrected chi connectivity index (χ4v) is 3.70. The molecule has 4 rings (SSSR count). The van der Waals surface area contributed by atoms with Crippen molar-refractivity contribution in [2.24, 2.45) is 5.92 Å². The molecule has 0 saturated heterocycles. The first-order chi connectivity index (χ1) is 15.3. The third-order valence-corrected chi connectivity index (χ3v) is 5.26. The molecule has 0 aromatic heterocycles. The van der Waals surface area contributed by atoms with E-state index >= 15 is 0 Å². The fraction of sp³-hybridized carbons (Fsp3) is 0.261. The van der Waals surface area contributed by atoms with Crippen LogP contribution in [0.5, 0.6) is 5.75 Å². The summed E-state index contributed by atoms with van der Waals surface area (Å²) in [6.07, 6.45) is 0. The van der Waals surface area contributed by atoms with Crippen molar-refractivity contribution < 1.29 is 33.4 Å². The van der Waals surface area contributed by atoms with Gasteiger partial charge >= 0.3 is 5.97 Å². The molecule has 2 heterocycles. The fourth-order valence-electron chi connectivity index (χ4n) is 3.70. The van der Waals surface area contributed by atoms with E-state index in [0.717, 1.165) is 4.90 Å². The number of Topliss-reactive ketones (excluding diaryl/α,β-unsaturated/α-hetero) is 1. The minimum absolute atomic E-state index is 0.105. The van der Waals surface area contributed by atoms with Gasteiger partial charge in [-0.05, 0) is 36.2 Å². The van der Waals surface area contributed by atoms with Crippen LogP contribution in [-0.2, 0) is 14.3 Å². The summed E-state index contributed by atoms with van der Waals surface area (Å²) in [4.78, 5) is 63.3. The van der Waals surface area contributed by atoms with Crippen LogP contribution in [0.2, 0.25) is 0 Å². The zero-order valence-electron chi connectivity index (χ0n) is 17.4. The molecule has 1 atom stereocenters. The van der Waals surface area contributed by atoms with Crippen molar-refractivity contribution in [2.45, 2.75) is 19.9 Å². The second-order valence-electron chi connectivity index (χ2n) is 7.79. The predicted molar refractivity (Wildman–Crippen MR) is 111 cm³/mol. The van der Waals surface area contributed by atoms with E-state index in [1.165, 1.54) is 24.3 Å². The summed E-state index contributed by atoms with van der Waals surface area (Å²) >= 11 is 0. The molecule has 2 aromatic rings. The Labute approximate surface area is 183 Å². The van der Waals surface area contributed by atoms with Crippen LogP contribution in [0.1, 0.15) is 44.9 Å². The third-order valence-electron chi connectivity index (χ3n) is 5.26. The number of hydrogen-bond acceptors (Lipinski definition) is 7. The maximum atomic E-state index is 12.8. The minimum atomic E-state index is -1.17. The summed E-state index contributed by atoms with van der Waals surface area (Å²) in [5, 5.41) is 2.60. The van der Waals surface area contributed by atoms with Gasteiger partial charge in [0.05, 0.1) is 16.8 Å². The van der Waals surface area contributed by atoms with Crippen LogP contribution in [0.4, 0.5) is 5.69 Å². The van der Waals surface area contributed by atoms with Gasteiger partial charge in [0.15, 0.2) is 19.0 Å². The van der Waals surface area contributed by atoms with Crippen molar-refractivity contribution >= 4 is 35.2 Å². The standard InChI is InChI=1S/C23H20N2O7/c1-12(2)20(25-21(28)14-5-3-4-6-15(14)22(25)29)23(30)32-10-17(26)13-7-8-18-16(9-13)24-19(27)11-31-18/h3-9,12,20H,10-11H2,1-2H3,(H,24,27)/t20-/m0/s1. The van der Waals surface area contributed by atoms with E-state index < -0.39 is 42.1 Å². The first-order valence-electron chi connectivity index (χ1n) is 10.0. The van der Waals surface area contributed by atoms with E-state index in [2.05, 4.69) is 5.32 Å². The molecule has 9 heteroatoms. The Balaban J connectivity index is 1.47. The number of carbonyl (C=O) groups excluding carboxylic acids is 5. The molecule has 0 spiro atoms. The summed E-state index contributed by atoms with van der Waals surface area (Å²) in [5.41, 5.74) is 1.02. The quantitative estimate of drug-likeness (QED) is 0.418. The first-order valence-corrected chi connectivity index (χ1v) is 10.0. The molecule has 9 nitrogen and oxygen atoms in total. The number of ether oxygens (including phenoxy) is 2. The lowest BCUT2D eigenvalue weighted by Crippen LogP contribution is -2.49. The number of nitrogens with one attached hydrogen (secondary N) is 1. The lowest BCUT2D eigenvalue weighted by Gasteiger charge is -2.27. The Morgan fingerprint density at radius 3 is 2.34 bits per heavy atom. The highest BCUT2D eigenvalue weighted by molar-refractivity contribution is 6.22. The number of amides is 3. The number of carbonyl (C=O) groups is 5. The van der Waals surface area contributed by atoms with Gasteiger partial charge < -0.3 is 14.8 Å². The van der Waals surface area contributed by atoms with Gasteiger partial charge in [0, 0.05) is 5.56 Å². The van der Waals surface area contributed by atoms with Gasteiger partial charge in [-0.15, -0.1) is 0 Å². The average Bonchev–Trinajstić information content (AvgIpc) is 3.02. The maximum Gasteiger partial charge on any atom is 0.330 e. The van der Waals surface area contributed by atoms with Gasteiger partial charge in [0.1, 0.15) is 11.8 Å². The molecule has 0 aliphatic carbocycles. The van der Waals surface area contributed by atoms with E-state index in [9.17, 15) is 24.0 Å². The van der Waals surface area contributed by atoms with Gasteiger partial charge in [-0.3, -0.25) is 24.1 Å². The largest absolute Gasteiger partial charge is 0.482 e. The number of esters is 1. The van der Waals surface area contributed by atoms with Crippen LogP contribution < -0.4 is 10.1 Å². The zero-order chi connectivity index (χ0) is 23.0. The summed E-state index contributed by atoms with van der Waals surface area (Å²) in [6, 6.07) is 9.64. The van der Waals surface area contributed by atoms with Gasteiger partial charge in [-0.2, -0.15) is 0 Å². The Morgan fingerprint density at radius 2 is 1.72 bits per heavy atom. The summed E-state index contributed by atoms with van der Waals surface area (Å²) in [6.45, 7) is 2.68. The molecule has 0 unspecified atom stereocenters. The van der Waals surface area contributed by atoms with Crippen molar-refractivity contribution in [3.8, 4) is 5.75 Å². The van der Waals surface area contributed by atoms with Gasteiger partial charge in [0.2, 0.25) is 0 Å². The molecule has 0 bridgehead atoms. The SMILES string of the molecule is CC(C)[C@@H](C(=O)OCC(=O)c1ccc2c(c1)NC(=O)CO2)N1C(=O)c2ccccc2C1=O. The average molecular weight is 436 g/mol. The van der Waals surface area contributed by atoms with Gasteiger partial charge in [-0.1, -0.05) is 26.0 Å². The zero-order valence-corrected chi connectivity index (χ0v) is 17.4. The molecule has 2 aromatic carbocycles. The third kappa shape index (κ3) is 3.73. The molecule has 0 radical (unpaired) electrons. The summed E-state index contributed by atoms with van der Waals surface area (Å²) in [7, 11) is 0. The minimum Gasteiger partial charge on any atom is -0.482 e. The summed E-state index contributed by atoms with van der Waals surface area (Å²) in [5.74, 6) is -2.84. The number of hydrogen-bond donors (Lipinski definition) is 1. The van der Waals surface area contributed by atoms with Gasteiger partial charge in [-0.25, -0.2) is 4.79 Å². The molecular weight excluding hydrogens is 416 g/mol. The highest BCUT2D eigenvalue weighted by Gasteiger charge is 2.44. The topological polar surface area (TPSA) is 119 Å². The Morgan fingerprint density at radius 1 is 1.06 bits per heavy atom. The Kier molecular flexibility index (Phi) is 5.48. The number of benzene rings is 2. The molecule has 2 aliphatic heterocycles. The van der Waals surface area contributed by atoms with E-state index in [4.69, 9.17) is 9.47 Å². The van der Waals surface area contributed by atoms with E-state index in [1.807, 2.05) is 0 Å². The highest BCUT2D eigenvalue weighted by Crippen LogP contribution is 2.29.